The number of rotatable bonds is 6. The van der Waals surface area contributed by atoms with Gasteiger partial charge in [-0.1, -0.05) is 19.8 Å². The molecule has 0 unspecified atom stereocenters. The predicted octanol–water partition coefficient (Wildman–Crippen LogP) is 3.47. The minimum atomic E-state index is -0.291. The summed E-state index contributed by atoms with van der Waals surface area (Å²) in [7, 11) is 2.05. The highest BCUT2D eigenvalue weighted by molar-refractivity contribution is 5.54. The molecule has 0 saturated heterocycles. The fourth-order valence-electron chi connectivity index (χ4n) is 1.74. The third-order valence-corrected chi connectivity index (χ3v) is 2.77. The molecular weight excluding hydrogens is 238 g/mol. The summed E-state index contributed by atoms with van der Waals surface area (Å²) in [6, 6.07) is 3.80. The molecule has 0 aliphatic heterocycles. The van der Waals surface area contributed by atoms with E-state index in [4.69, 9.17) is 10.5 Å². The van der Waals surface area contributed by atoms with E-state index in [2.05, 4.69) is 23.9 Å². The van der Waals surface area contributed by atoms with E-state index < -0.39 is 0 Å². The minimum absolute atomic E-state index is 0.291. The highest BCUT2D eigenvalue weighted by atomic mass is 16.5. The average molecular weight is 265 g/mol. The molecule has 0 fully saturated rings. The summed E-state index contributed by atoms with van der Waals surface area (Å²) in [5, 5.41) is 0. The summed E-state index contributed by atoms with van der Waals surface area (Å²) in [6.45, 7) is 9.18. The fraction of sp³-hybridized carbons (Fsp3) is 0.667. The van der Waals surface area contributed by atoms with Crippen molar-refractivity contribution >= 4 is 11.5 Å². The number of hydrogen-bond donors (Lipinski definition) is 1. The third kappa shape index (κ3) is 5.37. The molecule has 0 amide bonds. The van der Waals surface area contributed by atoms with Crippen molar-refractivity contribution in [2.45, 2.75) is 52.6 Å². The van der Waals surface area contributed by atoms with Crippen LogP contribution in [0.4, 0.5) is 11.5 Å². The average Bonchev–Trinajstić information content (AvgIpc) is 2.30. The van der Waals surface area contributed by atoms with Crippen LogP contribution in [0.1, 0.15) is 47.0 Å². The summed E-state index contributed by atoms with van der Waals surface area (Å²) >= 11 is 0. The van der Waals surface area contributed by atoms with Crippen molar-refractivity contribution < 1.29 is 4.74 Å². The van der Waals surface area contributed by atoms with E-state index in [9.17, 15) is 0 Å². The molecule has 0 saturated carbocycles. The zero-order chi connectivity index (χ0) is 14.5. The van der Waals surface area contributed by atoms with Crippen LogP contribution in [0.25, 0.3) is 0 Å². The Hall–Kier alpha value is -1.45. The van der Waals surface area contributed by atoms with Crippen molar-refractivity contribution in [3.05, 3.63) is 12.1 Å². The van der Waals surface area contributed by atoms with Crippen molar-refractivity contribution in [2.24, 2.45) is 0 Å². The highest BCUT2D eigenvalue weighted by Gasteiger charge is 2.16. The number of ether oxygens (including phenoxy) is 1. The van der Waals surface area contributed by atoms with Crippen molar-refractivity contribution in [1.82, 2.24) is 4.98 Å². The SMILES string of the molecule is CCCCCN(C)c1ccc(N)c(OC(C)(C)C)n1. The molecule has 4 heteroatoms. The first-order chi connectivity index (χ1) is 8.83. The van der Waals surface area contributed by atoms with Crippen LogP contribution in [0.15, 0.2) is 12.1 Å². The molecule has 4 nitrogen and oxygen atoms in total. The van der Waals surface area contributed by atoms with Gasteiger partial charge in [-0.2, -0.15) is 4.98 Å². The third-order valence-electron chi connectivity index (χ3n) is 2.77. The number of nitrogens with zero attached hydrogens (tertiary/aromatic N) is 2. The molecule has 108 valence electrons. The minimum Gasteiger partial charge on any atom is -0.470 e. The van der Waals surface area contributed by atoms with E-state index in [-0.39, 0.29) is 5.60 Å². The molecule has 1 heterocycles. The van der Waals surface area contributed by atoms with E-state index >= 15 is 0 Å². The topological polar surface area (TPSA) is 51.4 Å². The van der Waals surface area contributed by atoms with Gasteiger partial charge in [0.2, 0.25) is 5.88 Å². The summed E-state index contributed by atoms with van der Waals surface area (Å²) in [5.41, 5.74) is 6.21. The molecule has 19 heavy (non-hydrogen) atoms. The molecule has 0 bridgehead atoms. The van der Waals surface area contributed by atoms with Crippen LogP contribution in [-0.2, 0) is 0 Å². The van der Waals surface area contributed by atoms with Gasteiger partial charge in [-0.15, -0.1) is 0 Å². The van der Waals surface area contributed by atoms with Gasteiger partial charge in [0.05, 0.1) is 5.69 Å². The Kier molecular flexibility index (Phi) is 5.45. The lowest BCUT2D eigenvalue weighted by atomic mass is 10.2. The molecule has 1 aromatic rings. The summed E-state index contributed by atoms with van der Waals surface area (Å²) in [5.74, 6) is 1.43. The van der Waals surface area contributed by atoms with E-state index in [1.807, 2.05) is 32.9 Å². The van der Waals surface area contributed by atoms with Gasteiger partial charge >= 0.3 is 0 Å². The summed E-state index contributed by atoms with van der Waals surface area (Å²) < 4.78 is 5.79. The fourth-order valence-corrected chi connectivity index (χ4v) is 1.74. The molecule has 0 atom stereocenters. The number of nitrogen functional groups attached to an aromatic ring is 1. The maximum absolute atomic E-state index is 5.91. The maximum atomic E-state index is 5.91. The molecule has 0 radical (unpaired) electrons. The van der Waals surface area contributed by atoms with Gasteiger partial charge < -0.3 is 15.4 Å². The zero-order valence-electron chi connectivity index (χ0n) is 12.9. The Balaban J connectivity index is 2.77. The van der Waals surface area contributed by atoms with Gasteiger partial charge in [0.25, 0.3) is 0 Å². The van der Waals surface area contributed by atoms with E-state index in [1.165, 1.54) is 19.3 Å². The molecule has 1 rings (SSSR count). The Labute approximate surface area is 117 Å². The van der Waals surface area contributed by atoms with Gasteiger partial charge in [-0.05, 0) is 39.3 Å². The summed E-state index contributed by atoms with van der Waals surface area (Å²) in [4.78, 5) is 6.66. The van der Waals surface area contributed by atoms with Crippen LogP contribution in [-0.4, -0.2) is 24.2 Å². The van der Waals surface area contributed by atoms with E-state index in [0.717, 1.165) is 12.4 Å². The molecule has 0 spiro atoms. The van der Waals surface area contributed by atoms with Crippen LogP contribution in [0.3, 0.4) is 0 Å². The van der Waals surface area contributed by atoms with Gasteiger partial charge in [-0.3, -0.25) is 0 Å². The van der Waals surface area contributed by atoms with Crippen LogP contribution >= 0.6 is 0 Å². The number of unbranched alkanes of at least 4 members (excludes halogenated alkanes) is 2. The van der Waals surface area contributed by atoms with Gasteiger partial charge in [0.15, 0.2) is 0 Å². The smallest absolute Gasteiger partial charge is 0.239 e. The first-order valence-electron chi connectivity index (χ1n) is 7.00. The van der Waals surface area contributed by atoms with Crippen LogP contribution < -0.4 is 15.4 Å². The molecule has 0 aliphatic rings. The van der Waals surface area contributed by atoms with Crippen LogP contribution in [0.2, 0.25) is 0 Å². The molecule has 0 aromatic carbocycles. The molecular formula is C15H27N3O. The quantitative estimate of drug-likeness (QED) is 0.800. The number of pyridine rings is 1. The van der Waals surface area contributed by atoms with Crippen molar-refractivity contribution in [2.75, 3.05) is 24.2 Å². The Morgan fingerprint density at radius 1 is 1.26 bits per heavy atom. The lowest BCUT2D eigenvalue weighted by Crippen LogP contribution is -2.25. The summed E-state index contributed by atoms with van der Waals surface area (Å²) in [6.07, 6.45) is 3.64. The van der Waals surface area contributed by atoms with Gasteiger partial charge in [-0.25, -0.2) is 0 Å². The Bertz CT molecular complexity index is 399. The molecule has 0 aliphatic carbocycles. The number of nitrogens with two attached hydrogens (primary N) is 1. The van der Waals surface area contributed by atoms with Crippen LogP contribution in [0, 0.1) is 0 Å². The largest absolute Gasteiger partial charge is 0.470 e. The Morgan fingerprint density at radius 3 is 2.53 bits per heavy atom. The lowest BCUT2D eigenvalue weighted by molar-refractivity contribution is 0.125. The Morgan fingerprint density at radius 2 is 1.95 bits per heavy atom. The van der Waals surface area contributed by atoms with Crippen molar-refractivity contribution in [3.63, 3.8) is 0 Å². The predicted molar refractivity (Wildman–Crippen MR) is 81.8 cm³/mol. The second kappa shape index (κ2) is 6.64. The monoisotopic (exact) mass is 265 g/mol. The van der Waals surface area contributed by atoms with Crippen LogP contribution in [0.5, 0.6) is 5.88 Å². The van der Waals surface area contributed by atoms with E-state index in [0.29, 0.717) is 11.6 Å². The lowest BCUT2D eigenvalue weighted by Gasteiger charge is -2.24. The highest BCUT2D eigenvalue weighted by Crippen LogP contribution is 2.26. The van der Waals surface area contributed by atoms with Gasteiger partial charge in [0.1, 0.15) is 11.4 Å². The standard InChI is InChI=1S/C15H27N3O/c1-6-7-8-11-18(5)13-10-9-12(16)14(17-13)19-15(2,3)4/h9-10H,6-8,11,16H2,1-5H3. The zero-order valence-corrected chi connectivity index (χ0v) is 12.9. The number of aromatic nitrogens is 1. The first kappa shape index (κ1) is 15.6. The maximum Gasteiger partial charge on any atom is 0.239 e. The van der Waals surface area contributed by atoms with Crippen molar-refractivity contribution in [1.29, 1.82) is 0 Å². The molecule has 1 aromatic heterocycles. The van der Waals surface area contributed by atoms with Crippen molar-refractivity contribution in [3.8, 4) is 5.88 Å². The second-order valence-corrected chi connectivity index (χ2v) is 5.91. The first-order valence-corrected chi connectivity index (χ1v) is 7.00. The number of hydrogen-bond acceptors (Lipinski definition) is 4. The normalized spacial score (nSPS) is 11.4. The van der Waals surface area contributed by atoms with Gasteiger partial charge in [0, 0.05) is 13.6 Å². The molecule has 2 N–H and O–H groups in total. The number of anilines is 2. The second-order valence-electron chi connectivity index (χ2n) is 5.91. The van der Waals surface area contributed by atoms with E-state index in [1.54, 1.807) is 0 Å².